The van der Waals surface area contributed by atoms with E-state index >= 15 is 0 Å². The Hall–Kier alpha value is -2.30. The Morgan fingerprint density at radius 1 is 1.34 bits per heavy atom. The number of thioether (sulfide) groups is 1. The number of aryl methyl sites for hydroxylation is 1. The van der Waals surface area contributed by atoms with Gasteiger partial charge in [-0.25, -0.2) is 0 Å². The number of carbonyl (C=O) groups excluding carboxylic acids is 2. The number of rotatable bonds is 6. The van der Waals surface area contributed by atoms with Crippen molar-refractivity contribution >= 4 is 40.9 Å². The van der Waals surface area contributed by atoms with Gasteiger partial charge in [-0.15, -0.1) is 23.1 Å². The van der Waals surface area contributed by atoms with Crippen molar-refractivity contribution in [2.45, 2.75) is 62.0 Å². The molecule has 0 spiro atoms. The van der Waals surface area contributed by atoms with Crippen LogP contribution in [0.5, 0.6) is 0 Å². The zero-order valence-electron chi connectivity index (χ0n) is 17.9. The van der Waals surface area contributed by atoms with Crippen molar-refractivity contribution < 1.29 is 19.5 Å². The van der Waals surface area contributed by atoms with Crippen LogP contribution < -0.4 is 16.4 Å². The Labute approximate surface area is 195 Å². The highest BCUT2D eigenvalue weighted by Crippen LogP contribution is 2.31. The highest BCUT2D eigenvalue weighted by molar-refractivity contribution is 7.99. The lowest BCUT2D eigenvalue weighted by atomic mass is 10.1. The highest BCUT2D eigenvalue weighted by atomic mass is 32.2. The molecule has 174 valence electrons. The summed E-state index contributed by atoms with van der Waals surface area (Å²) in [6, 6.07) is 4.63. The molecule has 0 fully saturated rings. The molecule has 2 aromatic heterocycles. The molecule has 0 aromatic carbocycles. The lowest BCUT2D eigenvalue weighted by Crippen LogP contribution is -2.47. The minimum absolute atomic E-state index is 0.0303. The number of carbonyl (C=O) groups is 3. The summed E-state index contributed by atoms with van der Waals surface area (Å²) >= 11 is 3.39. The number of fused-ring (bicyclic) bond motifs is 2. The molecular weight excluding hydrogens is 448 g/mol. The standard InChI is InChI=1S/C22H30N4O4S2/c23-16(22(29)30)6-7-20(27)25-17-8-12-31-15-13-18(19-5-4-11-32-19)26(14-15)10-3-1-2-9-24-21(17)28/h4-5,11,13-14,16-17H,1-3,6-10,12,23H2,(H,24,28)(H,25,27)(H,29,30). The Morgan fingerprint density at radius 3 is 2.94 bits per heavy atom. The molecule has 0 saturated carbocycles. The van der Waals surface area contributed by atoms with Gasteiger partial charge in [-0.3, -0.25) is 14.4 Å². The molecule has 0 saturated heterocycles. The smallest absolute Gasteiger partial charge is 0.320 e. The minimum atomic E-state index is -1.14. The molecule has 5 N–H and O–H groups in total. The first-order valence-electron chi connectivity index (χ1n) is 10.9. The molecule has 3 rings (SSSR count). The van der Waals surface area contributed by atoms with Gasteiger partial charge in [-0.1, -0.05) is 6.07 Å². The van der Waals surface area contributed by atoms with Crippen molar-refractivity contribution in [1.29, 1.82) is 0 Å². The Bertz CT molecular complexity index is 913. The van der Waals surface area contributed by atoms with E-state index in [-0.39, 0.29) is 24.7 Å². The summed E-state index contributed by atoms with van der Waals surface area (Å²) in [4.78, 5) is 38.2. The van der Waals surface area contributed by atoms with Crippen LogP contribution in [0.4, 0.5) is 0 Å². The van der Waals surface area contributed by atoms with E-state index in [0.717, 1.165) is 30.7 Å². The molecule has 3 heterocycles. The summed E-state index contributed by atoms with van der Waals surface area (Å²) in [5, 5.41) is 16.6. The van der Waals surface area contributed by atoms with Crippen LogP contribution in [-0.4, -0.2) is 51.8 Å². The van der Waals surface area contributed by atoms with Crippen LogP contribution in [0.15, 0.2) is 34.7 Å². The summed E-state index contributed by atoms with van der Waals surface area (Å²) < 4.78 is 2.31. The van der Waals surface area contributed by atoms with Gasteiger partial charge < -0.3 is 26.0 Å². The van der Waals surface area contributed by atoms with Crippen LogP contribution in [0.3, 0.4) is 0 Å². The molecule has 2 bridgehead atoms. The van der Waals surface area contributed by atoms with Gasteiger partial charge in [0, 0.05) is 36.4 Å². The molecule has 32 heavy (non-hydrogen) atoms. The number of amides is 2. The summed E-state index contributed by atoms with van der Waals surface area (Å²) in [5.41, 5.74) is 6.69. The molecule has 8 nitrogen and oxygen atoms in total. The number of aromatic nitrogens is 1. The molecule has 10 heteroatoms. The van der Waals surface area contributed by atoms with Gasteiger partial charge in [-0.05, 0) is 49.6 Å². The van der Waals surface area contributed by atoms with Gasteiger partial charge in [0.25, 0.3) is 0 Å². The maximum Gasteiger partial charge on any atom is 0.320 e. The number of thiophene rings is 1. The van der Waals surface area contributed by atoms with Gasteiger partial charge in [-0.2, -0.15) is 0 Å². The maximum absolute atomic E-state index is 12.6. The lowest BCUT2D eigenvalue weighted by molar-refractivity contribution is -0.139. The monoisotopic (exact) mass is 478 g/mol. The van der Waals surface area contributed by atoms with Crippen molar-refractivity contribution in [3.63, 3.8) is 0 Å². The van der Waals surface area contributed by atoms with Crippen LogP contribution >= 0.6 is 23.1 Å². The van der Waals surface area contributed by atoms with E-state index in [1.807, 2.05) is 0 Å². The van der Waals surface area contributed by atoms with Crippen molar-refractivity contribution in [2.24, 2.45) is 5.73 Å². The molecule has 1 aliphatic heterocycles. The van der Waals surface area contributed by atoms with Crippen molar-refractivity contribution in [2.75, 3.05) is 12.3 Å². The van der Waals surface area contributed by atoms with E-state index in [2.05, 4.69) is 45.0 Å². The van der Waals surface area contributed by atoms with E-state index in [1.54, 1.807) is 23.1 Å². The Balaban J connectivity index is 1.65. The highest BCUT2D eigenvalue weighted by Gasteiger charge is 2.22. The first-order chi connectivity index (χ1) is 15.4. The number of nitrogens with two attached hydrogens (primary N) is 1. The van der Waals surface area contributed by atoms with E-state index in [0.29, 0.717) is 18.7 Å². The number of aliphatic carboxylic acids is 1. The quantitative estimate of drug-likeness (QED) is 0.506. The third kappa shape index (κ3) is 7.11. The van der Waals surface area contributed by atoms with Crippen LogP contribution in [-0.2, 0) is 20.9 Å². The molecule has 2 aromatic rings. The van der Waals surface area contributed by atoms with Crippen LogP contribution in [0.25, 0.3) is 10.6 Å². The molecule has 2 atom stereocenters. The normalized spacial score (nSPS) is 18.9. The van der Waals surface area contributed by atoms with Crippen molar-refractivity contribution in [3.05, 3.63) is 29.8 Å². The molecule has 2 unspecified atom stereocenters. The van der Waals surface area contributed by atoms with Gasteiger partial charge in [0.05, 0.1) is 10.6 Å². The van der Waals surface area contributed by atoms with Crippen molar-refractivity contribution in [3.8, 4) is 10.6 Å². The van der Waals surface area contributed by atoms with Gasteiger partial charge >= 0.3 is 5.97 Å². The number of carboxylic acids is 1. The van der Waals surface area contributed by atoms with Crippen molar-refractivity contribution in [1.82, 2.24) is 15.2 Å². The largest absolute Gasteiger partial charge is 0.480 e. The van der Waals surface area contributed by atoms with Crippen LogP contribution in [0, 0.1) is 0 Å². The van der Waals surface area contributed by atoms with E-state index in [4.69, 9.17) is 10.8 Å². The third-order valence-electron chi connectivity index (χ3n) is 5.35. The zero-order chi connectivity index (χ0) is 22.9. The first-order valence-corrected chi connectivity index (χ1v) is 12.7. The SMILES string of the molecule is NC(CCC(=O)NC1CCSc2cc(-c3cccs3)n(c2)CCCCCNC1=O)C(=O)O. The van der Waals surface area contributed by atoms with Gasteiger partial charge in [0.15, 0.2) is 0 Å². The fourth-order valence-corrected chi connectivity index (χ4v) is 5.28. The molecular formula is C22H30N4O4S2. The topological polar surface area (TPSA) is 126 Å². The number of nitrogens with one attached hydrogen (secondary N) is 2. The maximum atomic E-state index is 12.6. The molecule has 0 aliphatic carbocycles. The third-order valence-corrected chi connectivity index (χ3v) is 7.24. The van der Waals surface area contributed by atoms with Gasteiger partial charge in [0.2, 0.25) is 11.8 Å². The number of hydrogen-bond donors (Lipinski definition) is 4. The second-order valence-electron chi connectivity index (χ2n) is 7.82. The zero-order valence-corrected chi connectivity index (χ0v) is 19.6. The summed E-state index contributed by atoms with van der Waals surface area (Å²) in [7, 11) is 0. The summed E-state index contributed by atoms with van der Waals surface area (Å²) in [5.74, 6) is -1.03. The Kier molecular flexibility index (Phi) is 9.19. The second-order valence-corrected chi connectivity index (χ2v) is 9.94. The lowest BCUT2D eigenvalue weighted by Gasteiger charge is -2.19. The average molecular weight is 479 g/mol. The van der Waals surface area contributed by atoms with E-state index < -0.39 is 18.1 Å². The summed E-state index contributed by atoms with van der Waals surface area (Å²) in [6.45, 7) is 1.51. The fourth-order valence-electron chi connectivity index (χ4n) is 3.54. The van der Waals surface area contributed by atoms with Crippen LogP contribution in [0.1, 0.15) is 38.5 Å². The minimum Gasteiger partial charge on any atom is -0.480 e. The number of carboxylic acid groups (broad SMARTS) is 1. The first kappa shape index (κ1) is 24.3. The fraction of sp³-hybridized carbons (Fsp3) is 0.500. The number of hydrogen-bond acceptors (Lipinski definition) is 6. The Morgan fingerprint density at radius 2 is 2.19 bits per heavy atom. The van der Waals surface area contributed by atoms with Gasteiger partial charge in [0.1, 0.15) is 12.1 Å². The predicted octanol–water partition coefficient (Wildman–Crippen LogP) is 2.68. The van der Waals surface area contributed by atoms with E-state index in [1.165, 1.54) is 10.6 Å². The number of nitrogens with zero attached hydrogens (tertiary/aromatic N) is 1. The molecule has 2 amide bonds. The second kappa shape index (κ2) is 12.1. The molecule has 1 aliphatic rings. The van der Waals surface area contributed by atoms with E-state index in [9.17, 15) is 14.4 Å². The molecule has 0 radical (unpaired) electrons. The average Bonchev–Trinajstić information content (AvgIpc) is 3.42. The van der Waals surface area contributed by atoms with Crippen LogP contribution in [0.2, 0.25) is 0 Å². The summed E-state index contributed by atoms with van der Waals surface area (Å²) in [6.07, 6.45) is 5.54. The predicted molar refractivity (Wildman–Crippen MR) is 127 cm³/mol.